The first-order valence-corrected chi connectivity index (χ1v) is 9.20. The Balaban J connectivity index is 0.00000208. The fourth-order valence-electron chi connectivity index (χ4n) is 3.20. The minimum atomic E-state index is 0. The number of anilines is 1. The molecule has 2 N–H and O–H groups in total. The van der Waals surface area contributed by atoms with Gasteiger partial charge in [-0.1, -0.05) is 31.0 Å². The zero-order valence-electron chi connectivity index (χ0n) is 14.7. The Morgan fingerprint density at radius 1 is 1.12 bits per heavy atom. The maximum atomic E-state index is 4.75. The van der Waals surface area contributed by atoms with Crippen LogP contribution in [0.5, 0.6) is 0 Å². The first-order chi connectivity index (χ1) is 11.3. The number of piperidine rings is 1. The van der Waals surface area contributed by atoms with E-state index in [1.807, 2.05) is 0 Å². The van der Waals surface area contributed by atoms with E-state index in [4.69, 9.17) is 4.99 Å². The number of nitrogens with zero attached hydrogens (tertiary/aromatic N) is 2. The quantitative estimate of drug-likeness (QED) is 0.402. The SMILES string of the molecule is CCNC(=NCCC1CC1)NC1CCN(c2ccccc2)CC1.I. The van der Waals surface area contributed by atoms with Crippen molar-refractivity contribution in [3.8, 4) is 0 Å². The van der Waals surface area contributed by atoms with Crippen molar-refractivity contribution in [2.75, 3.05) is 31.1 Å². The predicted octanol–water partition coefficient (Wildman–Crippen LogP) is 3.63. The van der Waals surface area contributed by atoms with Crippen LogP contribution in [0.15, 0.2) is 35.3 Å². The van der Waals surface area contributed by atoms with Gasteiger partial charge in [0.15, 0.2) is 5.96 Å². The van der Waals surface area contributed by atoms with E-state index < -0.39 is 0 Å². The van der Waals surface area contributed by atoms with Crippen molar-refractivity contribution in [1.29, 1.82) is 0 Å². The summed E-state index contributed by atoms with van der Waals surface area (Å²) in [6.45, 7) is 6.25. The summed E-state index contributed by atoms with van der Waals surface area (Å²) >= 11 is 0. The van der Waals surface area contributed by atoms with Gasteiger partial charge in [0.25, 0.3) is 0 Å². The Hall–Kier alpha value is -0.980. The maximum absolute atomic E-state index is 4.75. The molecule has 0 amide bonds. The number of hydrogen-bond donors (Lipinski definition) is 2. The number of aliphatic imine (C=N–C) groups is 1. The molecule has 5 heteroatoms. The lowest BCUT2D eigenvalue weighted by Crippen LogP contribution is -2.48. The first kappa shape index (κ1) is 19.3. The molecule has 2 fully saturated rings. The van der Waals surface area contributed by atoms with Crippen LogP contribution < -0.4 is 15.5 Å². The highest BCUT2D eigenvalue weighted by atomic mass is 127. The average Bonchev–Trinajstić information content (AvgIpc) is 3.41. The van der Waals surface area contributed by atoms with Crippen molar-refractivity contribution in [3.05, 3.63) is 30.3 Å². The number of para-hydroxylation sites is 1. The molecule has 0 atom stereocenters. The van der Waals surface area contributed by atoms with E-state index in [2.05, 4.69) is 52.8 Å². The largest absolute Gasteiger partial charge is 0.371 e. The van der Waals surface area contributed by atoms with Crippen LogP contribution in [0.4, 0.5) is 5.69 Å². The van der Waals surface area contributed by atoms with Gasteiger partial charge in [-0.3, -0.25) is 4.99 Å². The van der Waals surface area contributed by atoms with E-state index in [0.29, 0.717) is 6.04 Å². The second kappa shape index (κ2) is 10.1. The highest BCUT2D eigenvalue weighted by Gasteiger charge is 2.21. The van der Waals surface area contributed by atoms with Gasteiger partial charge in [0, 0.05) is 37.9 Å². The van der Waals surface area contributed by atoms with Crippen LogP contribution >= 0.6 is 24.0 Å². The number of rotatable bonds is 6. The summed E-state index contributed by atoms with van der Waals surface area (Å²) in [5, 5.41) is 7.03. The Morgan fingerprint density at radius 3 is 2.46 bits per heavy atom. The second-order valence-electron chi connectivity index (χ2n) is 6.73. The van der Waals surface area contributed by atoms with E-state index in [0.717, 1.165) is 38.1 Å². The lowest BCUT2D eigenvalue weighted by Gasteiger charge is -2.34. The van der Waals surface area contributed by atoms with E-state index in [9.17, 15) is 0 Å². The van der Waals surface area contributed by atoms with Gasteiger partial charge in [0.1, 0.15) is 0 Å². The monoisotopic (exact) mass is 442 g/mol. The zero-order chi connectivity index (χ0) is 15.9. The smallest absolute Gasteiger partial charge is 0.191 e. The number of hydrogen-bond acceptors (Lipinski definition) is 2. The van der Waals surface area contributed by atoms with E-state index >= 15 is 0 Å². The van der Waals surface area contributed by atoms with Gasteiger partial charge in [-0.2, -0.15) is 0 Å². The van der Waals surface area contributed by atoms with Crippen molar-refractivity contribution in [1.82, 2.24) is 10.6 Å². The lowest BCUT2D eigenvalue weighted by atomic mass is 10.0. The van der Waals surface area contributed by atoms with Crippen LogP contribution in [-0.2, 0) is 0 Å². The fraction of sp³-hybridized carbons (Fsp3) is 0.632. The molecule has 0 bridgehead atoms. The second-order valence-corrected chi connectivity index (χ2v) is 6.73. The molecule has 0 spiro atoms. The van der Waals surface area contributed by atoms with Gasteiger partial charge in [-0.15, -0.1) is 24.0 Å². The Labute approximate surface area is 163 Å². The zero-order valence-corrected chi connectivity index (χ0v) is 17.0. The summed E-state index contributed by atoms with van der Waals surface area (Å²) in [6, 6.07) is 11.3. The number of halogens is 1. The van der Waals surface area contributed by atoms with Crippen LogP contribution in [0, 0.1) is 5.92 Å². The fourth-order valence-corrected chi connectivity index (χ4v) is 3.20. The molecule has 1 saturated heterocycles. The molecule has 134 valence electrons. The van der Waals surface area contributed by atoms with Crippen molar-refractivity contribution < 1.29 is 0 Å². The third-order valence-electron chi connectivity index (χ3n) is 4.81. The molecule has 0 aromatic heterocycles. The van der Waals surface area contributed by atoms with Gasteiger partial charge in [0.2, 0.25) is 0 Å². The molecule has 0 radical (unpaired) electrons. The molecule has 2 aliphatic rings. The molecule has 1 aromatic carbocycles. The molecule has 4 nitrogen and oxygen atoms in total. The normalized spacial score (nSPS) is 18.9. The topological polar surface area (TPSA) is 39.7 Å². The Bertz CT molecular complexity index is 493. The summed E-state index contributed by atoms with van der Waals surface area (Å²) in [6.07, 6.45) is 6.42. The maximum Gasteiger partial charge on any atom is 0.191 e. The third kappa shape index (κ3) is 6.15. The van der Waals surface area contributed by atoms with Gasteiger partial charge >= 0.3 is 0 Å². The summed E-state index contributed by atoms with van der Waals surface area (Å²) in [5.41, 5.74) is 1.34. The van der Waals surface area contributed by atoms with Crippen LogP contribution in [-0.4, -0.2) is 38.2 Å². The van der Waals surface area contributed by atoms with Crippen molar-refractivity contribution in [3.63, 3.8) is 0 Å². The van der Waals surface area contributed by atoms with Crippen LogP contribution in [0.25, 0.3) is 0 Å². The lowest BCUT2D eigenvalue weighted by molar-refractivity contribution is 0.461. The molecule has 1 aliphatic carbocycles. The Morgan fingerprint density at radius 2 is 1.83 bits per heavy atom. The molecular formula is C19H31IN4. The standard InChI is InChI=1S/C19H30N4.HI/c1-2-20-19(21-13-10-16-8-9-16)22-17-11-14-23(15-12-17)18-6-4-3-5-7-18;/h3-7,16-17H,2,8-15H2,1H3,(H2,20,21,22);1H. The molecule has 1 aromatic rings. The van der Waals surface area contributed by atoms with Gasteiger partial charge in [-0.05, 0) is 44.2 Å². The van der Waals surface area contributed by atoms with E-state index in [1.165, 1.54) is 37.8 Å². The van der Waals surface area contributed by atoms with Gasteiger partial charge in [-0.25, -0.2) is 0 Å². The van der Waals surface area contributed by atoms with Gasteiger partial charge < -0.3 is 15.5 Å². The third-order valence-corrected chi connectivity index (χ3v) is 4.81. The molecular weight excluding hydrogens is 411 g/mol. The number of benzene rings is 1. The van der Waals surface area contributed by atoms with Crippen LogP contribution in [0.2, 0.25) is 0 Å². The summed E-state index contributed by atoms with van der Waals surface area (Å²) in [7, 11) is 0. The summed E-state index contributed by atoms with van der Waals surface area (Å²) in [4.78, 5) is 7.23. The van der Waals surface area contributed by atoms with Crippen LogP contribution in [0.1, 0.15) is 39.0 Å². The summed E-state index contributed by atoms with van der Waals surface area (Å²) < 4.78 is 0. The van der Waals surface area contributed by atoms with Gasteiger partial charge in [0.05, 0.1) is 0 Å². The highest BCUT2D eigenvalue weighted by molar-refractivity contribution is 14.0. The minimum Gasteiger partial charge on any atom is -0.371 e. The predicted molar refractivity (Wildman–Crippen MR) is 114 cm³/mol. The van der Waals surface area contributed by atoms with Crippen molar-refractivity contribution in [2.45, 2.75) is 45.1 Å². The first-order valence-electron chi connectivity index (χ1n) is 9.20. The van der Waals surface area contributed by atoms with Crippen molar-refractivity contribution in [2.24, 2.45) is 10.9 Å². The van der Waals surface area contributed by atoms with Crippen molar-refractivity contribution >= 4 is 35.6 Å². The summed E-state index contributed by atoms with van der Waals surface area (Å²) in [5.74, 6) is 1.96. The Kier molecular flexibility index (Phi) is 8.15. The molecule has 1 heterocycles. The van der Waals surface area contributed by atoms with E-state index in [1.54, 1.807) is 0 Å². The molecule has 1 saturated carbocycles. The molecule has 1 aliphatic heterocycles. The number of nitrogens with one attached hydrogen (secondary N) is 2. The van der Waals surface area contributed by atoms with Crippen LogP contribution in [0.3, 0.4) is 0 Å². The average molecular weight is 442 g/mol. The molecule has 24 heavy (non-hydrogen) atoms. The number of guanidine groups is 1. The van der Waals surface area contributed by atoms with E-state index in [-0.39, 0.29) is 24.0 Å². The molecule has 3 rings (SSSR count). The minimum absolute atomic E-state index is 0. The molecule has 0 unspecified atom stereocenters. The highest BCUT2D eigenvalue weighted by Crippen LogP contribution is 2.32.